The van der Waals surface area contributed by atoms with Gasteiger partial charge in [-0.05, 0) is 44.2 Å². The maximum atomic E-state index is 13.1. The Morgan fingerprint density at radius 1 is 1.08 bits per heavy atom. The van der Waals surface area contributed by atoms with Gasteiger partial charge in [-0.25, -0.2) is 9.97 Å². The zero-order valence-corrected chi connectivity index (χ0v) is 23.3. The first-order valence-electron chi connectivity index (χ1n) is 12.6. The van der Waals surface area contributed by atoms with Gasteiger partial charge in [-0.1, -0.05) is 38.3 Å². The lowest BCUT2D eigenvalue weighted by Gasteiger charge is -2.34. The number of nitrogens with zero attached hydrogens (tertiary/aromatic N) is 3. The number of aryl methyl sites for hydroxylation is 1. The molecular weight excluding hydrogens is 499 g/mol. The van der Waals surface area contributed by atoms with Gasteiger partial charge in [0.05, 0.1) is 24.0 Å². The van der Waals surface area contributed by atoms with Crippen molar-refractivity contribution in [3.63, 3.8) is 0 Å². The number of methoxy groups -OCH3 is 1. The van der Waals surface area contributed by atoms with Crippen molar-refractivity contribution in [1.29, 1.82) is 0 Å². The second-order valence-corrected chi connectivity index (χ2v) is 9.91. The molecule has 3 atom stereocenters. The Bertz CT molecular complexity index is 1050. The van der Waals surface area contributed by atoms with Crippen LogP contribution >= 0.6 is 24.8 Å². The van der Waals surface area contributed by atoms with Gasteiger partial charge < -0.3 is 20.7 Å². The maximum absolute atomic E-state index is 13.1. The SMILES string of the molecule is COC[C@H](NC(=O)c1nc(N[C@H]2CCCC[C@H]2NC2=NCCC2)c2cc(C)ccc2n1)C(C)C.Cl.Cl. The highest BCUT2D eigenvalue weighted by Gasteiger charge is 2.28. The number of aliphatic imine (C=N–C) groups is 1. The number of amidine groups is 1. The third-order valence-corrected chi connectivity index (χ3v) is 6.84. The molecule has 2 aliphatic rings. The van der Waals surface area contributed by atoms with Crippen molar-refractivity contribution in [2.45, 2.75) is 77.4 Å². The molecule has 1 aliphatic heterocycles. The van der Waals surface area contributed by atoms with Crippen molar-refractivity contribution < 1.29 is 9.53 Å². The second-order valence-electron chi connectivity index (χ2n) is 9.91. The topological polar surface area (TPSA) is 101 Å². The minimum Gasteiger partial charge on any atom is -0.383 e. The van der Waals surface area contributed by atoms with E-state index in [4.69, 9.17) is 9.72 Å². The van der Waals surface area contributed by atoms with Crippen molar-refractivity contribution in [3.8, 4) is 0 Å². The summed E-state index contributed by atoms with van der Waals surface area (Å²) in [6, 6.07) is 6.48. The average Bonchev–Trinajstić information content (AvgIpc) is 3.33. The van der Waals surface area contributed by atoms with Crippen LogP contribution in [0.1, 0.15) is 68.6 Å². The zero-order valence-electron chi connectivity index (χ0n) is 21.7. The van der Waals surface area contributed by atoms with Crippen LogP contribution in [0.3, 0.4) is 0 Å². The van der Waals surface area contributed by atoms with Crippen LogP contribution in [-0.4, -0.2) is 60.1 Å². The van der Waals surface area contributed by atoms with Gasteiger partial charge in [0.2, 0.25) is 5.82 Å². The van der Waals surface area contributed by atoms with Crippen molar-refractivity contribution in [2.75, 3.05) is 25.6 Å². The van der Waals surface area contributed by atoms with Crippen molar-refractivity contribution >= 4 is 53.3 Å². The van der Waals surface area contributed by atoms with Crippen LogP contribution in [0.5, 0.6) is 0 Å². The van der Waals surface area contributed by atoms with Gasteiger partial charge in [-0.3, -0.25) is 9.79 Å². The van der Waals surface area contributed by atoms with Gasteiger partial charge in [0.15, 0.2) is 0 Å². The number of hydrogen-bond acceptors (Lipinski definition) is 7. The molecule has 3 N–H and O–H groups in total. The lowest BCUT2D eigenvalue weighted by molar-refractivity contribution is 0.0857. The summed E-state index contributed by atoms with van der Waals surface area (Å²) in [6.45, 7) is 7.55. The number of nitrogens with one attached hydrogen (secondary N) is 3. The predicted molar refractivity (Wildman–Crippen MR) is 151 cm³/mol. The number of halogens is 2. The molecule has 1 saturated carbocycles. The van der Waals surface area contributed by atoms with Crippen LogP contribution in [0.15, 0.2) is 23.2 Å². The van der Waals surface area contributed by atoms with Crippen molar-refractivity contribution in [3.05, 3.63) is 29.6 Å². The van der Waals surface area contributed by atoms with Crippen molar-refractivity contribution in [2.24, 2.45) is 10.9 Å². The molecule has 1 aromatic heterocycles. The Labute approximate surface area is 226 Å². The van der Waals surface area contributed by atoms with E-state index in [2.05, 4.69) is 52.8 Å². The summed E-state index contributed by atoms with van der Waals surface area (Å²) >= 11 is 0. The fourth-order valence-corrected chi connectivity index (χ4v) is 4.79. The molecule has 0 saturated heterocycles. The zero-order chi connectivity index (χ0) is 24.1. The van der Waals surface area contributed by atoms with E-state index in [1.807, 2.05) is 12.1 Å². The highest BCUT2D eigenvalue weighted by Crippen LogP contribution is 2.27. The van der Waals surface area contributed by atoms with Crippen LogP contribution in [0, 0.1) is 12.8 Å². The van der Waals surface area contributed by atoms with Gasteiger partial charge in [0.25, 0.3) is 5.91 Å². The standard InChI is InChI=1S/C26H38N6O2.2ClH/c1-16(2)22(15-34-4)31-26(33)25-29-19-12-11-17(3)14-18(19)24(32-25)30-21-9-6-5-8-20(21)28-23-10-7-13-27-23;;/h11-12,14,16,20-22H,5-10,13,15H2,1-4H3,(H,27,28)(H,31,33)(H,29,30,32);2*1H/t20-,21+,22+;;/m1../s1. The third kappa shape index (κ3) is 7.43. The quantitative estimate of drug-likeness (QED) is 0.450. The van der Waals surface area contributed by atoms with Crippen LogP contribution in [0.2, 0.25) is 0 Å². The summed E-state index contributed by atoms with van der Waals surface area (Å²) < 4.78 is 5.29. The first kappa shape index (κ1) is 30.1. The Morgan fingerprint density at radius 2 is 1.81 bits per heavy atom. The van der Waals surface area contributed by atoms with Crippen LogP contribution < -0.4 is 16.0 Å². The van der Waals surface area contributed by atoms with Crippen LogP contribution in [-0.2, 0) is 4.74 Å². The van der Waals surface area contributed by atoms with E-state index in [1.54, 1.807) is 7.11 Å². The number of carbonyl (C=O) groups is 1. The summed E-state index contributed by atoms with van der Waals surface area (Å²) in [5, 5.41) is 11.4. The first-order chi connectivity index (χ1) is 16.4. The number of anilines is 1. The molecule has 1 aliphatic carbocycles. The Morgan fingerprint density at radius 3 is 2.44 bits per heavy atom. The van der Waals surface area contributed by atoms with Crippen molar-refractivity contribution in [1.82, 2.24) is 20.6 Å². The number of ether oxygens (including phenoxy) is 1. The summed E-state index contributed by atoms with van der Waals surface area (Å²) in [5.74, 6) is 1.98. The molecule has 1 fully saturated rings. The summed E-state index contributed by atoms with van der Waals surface area (Å²) in [5.41, 5.74) is 1.90. The highest BCUT2D eigenvalue weighted by atomic mass is 35.5. The number of hydrogen-bond donors (Lipinski definition) is 3. The van der Waals surface area contributed by atoms with E-state index >= 15 is 0 Å². The Balaban J connectivity index is 0.00000228. The molecule has 8 nitrogen and oxygen atoms in total. The summed E-state index contributed by atoms with van der Waals surface area (Å²) in [7, 11) is 1.64. The molecule has 1 aromatic carbocycles. The molecule has 200 valence electrons. The minimum atomic E-state index is -0.278. The number of fused-ring (bicyclic) bond motifs is 1. The molecule has 36 heavy (non-hydrogen) atoms. The molecule has 10 heteroatoms. The molecule has 1 amide bonds. The molecule has 0 bridgehead atoms. The van der Waals surface area contributed by atoms with E-state index in [9.17, 15) is 4.79 Å². The van der Waals surface area contributed by atoms with E-state index in [1.165, 1.54) is 12.8 Å². The summed E-state index contributed by atoms with van der Waals surface area (Å²) in [6.07, 6.45) is 6.68. The molecular formula is C26H40Cl2N6O2. The van der Waals surface area contributed by atoms with E-state index in [-0.39, 0.29) is 54.5 Å². The number of aromatic nitrogens is 2. The van der Waals surface area contributed by atoms with Gasteiger partial charge >= 0.3 is 0 Å². The second kappa shape index (κ2) is 14.0. The fraction of sp³-hybridized carbons (Fsp3) is 0.615. The van der Waals surface area contributed by atoms with Gasteiger partial charge in [0.1, 0.15) is 5.82 Å². The Kier molecular flexibility index (Phi) is 11.7. The van der Waals surface area contributed by atoms with Gasteiger partial charge in [-0.2, -0.15) is 0 Å². The number of amides is 1. The molecule has 0 unspecified atom stereocenters. The largest absolute Gasteiger partial charge is 0.383 e. The Hall–Kier alpha value is -2.16. The van der Waals surface area contributed by atoms with E-state index in [0.717, 1.165) is 60.3 Å². The average molecular weight is 540 g/mol. The predicted octanol–water partition coefficient (Wildman–Crippen LogP) is 4.69. The summed E-state index contributed by atoms with van der Waals surface area (Å²) in [4.78, 5) is 27.1. The molecule has 2 heterocycles. The first-order valence-corrected chi connectivity index (χ1v) is 12.6. The number of rotatable bonds is 8. The fourth-order valence-electron chi connectivity index (χ4n) is 4.79. The molecule has 0 radical (unpaired) electrons. The minimum absolute atomic E-state index is 0. The number of benzene rings is 1. The maximum Gasteiger partial charge on any atom is 0.289 e. The number of carbonyl (C=O) groups excluding carboxylic acids is 1. The highest BCUT2D eigenvalue weighted by molar-refractivity contribution is 5.97. The lowest BCUT2D eigenvalue weighted by atomic mass is 9.90. The smallest absolute Gasteiger partial charge is 0.289 e. The van der Waals surface area contributed by atoms with Crippen LogP contribution in [0.25, 0.3) is 10.9 Å². The third-order valence-electron chi connectivity index (χ3n) is 6.84. The van der Waals surface area contributed by atoms with E-state index in [0.29, 0.717) is 12.6 Å². The van der Waals surface area contributed by atoms with Gasteiger partial charge in [0, 0.05) is 37.5 Å². The van der Waals surface area contributed by atoms with Gasteiger partial charge in [-0.15, -0.1) is 24.8 Å². The normalized spacial score (nSPS) is 20.2. The molecule has 0 spiro atoms. The molecule has 2 aromatic rings. The van der Waals surface area contributed by atoms with Crippen LogP contribution in [0.4, 0.5) is 5.82 Å². The monoisotopic (exact) mass is 538 g/mol. The van der Waals surface area contributed by atoms with E-state index < -0.39 is 0 Å². The lowest BCUT2D eigenvalue weighted by Crippen LogP contribution is -2.48. The molecule has 4 rings (SSSR count).